The van der Waals surface area contributed by atoms with Crippen LogP contribution in [0.4, 0.5) is 14.5 Å². The zero-order valence-corrected chi connectivity index (χ0v) is 12.7. The van der Waals surface area contributed by atoms with Crippen molar-refractivity contribution in [3.05, 3.63) is 53.6 Å². The molecule has 1 heterocycles. The number of hydrogen-bond donors (Lipinski definition) is 3. The number of halogens is 2. The summed E-state index contributed by atoms with van der Waals surface area (Å²) in [6, 6.07) is 7.03. The van der Waals surface area contributed by atoms with E-state index in [9.17, 15) is 23.8 Å². The van der Waals surface area contributed by atoms with Gasteiger partial charge in [0.25, 0.3) is 5.91 Å². The van der Waals surface area contributed by atoms with Crippen LogP contribution in [0.3, 0.4) is 0 Å². The van der Waals surface area contributed by atoms with Gasteiger partial charge in [0.15, 0.2) is 11.5 Å². The summed E-state index contributed by atoms with van der Waals surface area (Å²) in [5.74, 6) is -2.33. The molecule has 3 N–H and O–H groups in total. The number of carbonyl (C=O) groups is 1. The maximum Gasteiger partial charge on any atom is 0.251 e. The molecule has 1 saturated heterocycles. The van der Waals surface area contributed by atoms with Gasteiger partial charge >= 0.3 is 0 Å². The number of aromatic hydroxyl groups is 2. The first-order valence-electron chi connectivity index (χ1n) is 7.47. The fraction of sp³-hybridized carbons (Fsp3) is 0.235. The molecule has 0 saturated carbocycles. The fourth-order valence-corrected chi connectivity index (χ4v) is 2.77. The van der Waals surface area contributed by atoms with Gasteiger partial charge in [0.05, 0.1) is 5.69 Å². The summed E-state index contributed by atoms with van der Waals surface area (Å²) < 4.78 is 26.8. The number of carbonyl (C=O) groups excluding carboxylic acids is 1. The predicted octanol–water partition coefficient (Wildman–Crippen LogP) is 2.38. The molecule has 24 heavy (non-hydrogen) atoms. The molecule has 0 radical (unpaired) electrons. The van der Waals surface area contributed by atoms with Crippen molar-refractivity contribution in [3.8, 4) is 11.5 Å². The summed E-state index contributed by atoms with van der Waals surface area (Å²) >= 11 is 0. The van der Waals surface area contributed by atoms with Crippen LogP contribution in [0, 0.1) is 11.6 Å². The molecule has 7 heteroatoms. The van der Waals surface area contributed by atoms with Gasteiger partial charge in [-0.25, -0.2) is 8.78 Å². The number of phenols is 2. The lowest BCUT2D eigenvalue weighted by atomic mass is 10.1. The Hall–Kier alpha value is -2.83. The summed E-state index contributed by atoms with van der Waals surface area (Å²) in [6.45, 7) is 0.937. The van der Waals surface area contributed by atoms with Gasteiger partial charge in [0.1, 0.15) is 11.6 Å². The van der Waals surface area contributed by atoms with Gasteiger partial charge in [-0.3, -0.25) is 4.79 Å². The number of nitrogens with one attached hydrogen (secondary N) is 1. The molecule has 2 aromatic carbocycles. The number of hydrogen-bond acceptors (Lipinski definition) is 4. The molecule has 3 rings (SSSR count). The minimum atomic E-state index is -0.634. The summed E-state index contributed by atoms with van der Waals surface area (Å²) in [4.78, 5) is 13.9. The van der Waals surface area contributed by atoms with Crippen LogP contribution < -0.4 is 10.2 Å². The van der Waals surface area contributed by atoms with E-state index in [1.165, 1.54) is 30.3 Å². The first kappa shape index (κ1) is 16.0. The Bertz CT molecular complexity index is 782. The van der Waals surface area contributed by atoms with Crippen LogP contribution in [0.25, 0.3) is 0 Å². The van der Waals surface area contributed by atoms with E-state index in [0.717, 1.165) is 6.07 Å². The smallest absolute Gasteiger partial charge is 0.251 e. The Labute approximate surface area is 137 Å². The van der Waals surface area contributed by atoms with Crippen LogP contribution in [0.5, 0.6) is 11.5 Å². The molecule has 0 aliphatic carbocycles. The Kier molecular flexibility index (Phi) is 4.24. The average Bonchev–Trinajstić information content (AvgIpc) is 2.98. The number of benzene rings is 2. The van der Waals surface area contributed by atoms with E-state index in [0.29, 0.717) is 25.2 Å². The Morgan fingerprint density at radius 1 is 1.12 bits per heavy atom. The highest BCUT2D eigenvalue weighted by Crippen LogP contribution is 2.26. The monoisotopic (exact) mass is 334 g/mol. The number of amides is 1. The van der Waals surface area contributed by atoms with Crippen LogP contribution >= 0.6 is 0 Å². The molecule has 1 amide bonds. The minimum Gasteiger partial charge on any atom is -0.504 e. The van der Waals surface area contributed by atoms with Crippen molar-refractivity contribution < 1.29 is 23.8 Å². The normalized spacial score (nSPS) is 17.1. The number of phenolic OH excluding ortho intramolecular Hbond substituents is 2. The van der Waals surface area contributed by atoms with Crippen molar-refractivity contribution in [2.45, 2.75) is 12.5 Å². The summed E-state index contributed by atoms with van der Waals surface area (Å²) in [7, 11) is 0. The van der Waals surface area contributed by atoms with E-state index in [1.807, 2.05) is 0 Å². The van der Waals surface area contributed by atoms with Crippen molar-refractivity contribution in [1.29, 1.82) is 0 Å². The van der Waals surface area contributed by atoms with Gasteiger partial charge in [0.2, 0.25) is 0 Å². The second-order valence-electron chi connectivity index (χ2n) is 5.70. The molecule has 0 bridgehead atoms. The van der Waals surface area contributed by atoms with Crippen LogP contribution in [-0.2, 0) is 0 Å². The third-order valence-corrected chi connectivity index (χ3v) is 4.01. The van der Waals surface area contributed by atoms with Gasteiger partial charge in [-0.15, -0.1) is 0 Å². The number of anilines is 1. The van der Waals surface area contributed by atoms with Crippen molar-refractivity contribution in [3.63, 3.8) is 0 Å². The lowest BCUT2D eigenvalue weighted by Crippen LogP contribution is -2.37. The molecule has 0 aromatic heterocycles. The highest BCUT2D eigenvalue weighted by Gasteiger charge is 2.26. The summed E-state index contributed by atoms with van der Waals surface area (Å²) in [5, 5.41) is 21.5. The summed E-state index contributed by atoms with van der Waals surface area (Å²) in [5.41, 5.74) is 0.520. The van der Waals surface area contributed by atoms with E-state index >= 15 is 0 Å². The maximum absolute atomic E-state index is 13.8. The molecule has 0 spiro atoms. The highest BCUT2D eigenvalue weighted by molar-refractivity contribution is 5.95. The molecule has 2 aromatic rings. The minimum absolute atomic E-state index is 0.196. The molecular weight excluding hydrogens is 318 g/mol. The van der Waals surface area contributed by atoms with Crippen LogP contribution in [0.15, 0.2) is 36.4 Å². The average molecular weight is 334 g/mol. The fourth-order valence-electron chi connectivity index (χ4n) is 2.77. The number of rotatable bonds is 3. The summed E-state index contributed by atoms with van der Waals surface area (Å²) in [6.07, 6.45) is 0.618. The van der Waals surface area contributed by atoms with Crippen molar-refractivity contribution >= 4 is 11.6 Å². The highest BCUT2D eigenvalue weighted by atomic mass is 19.1. The third kappa shape index (κ3) is 3.24. The SMILES string of the molecule is O=C(N[C@@H]1CCN(c2ccc(F)cc2F)C1)c1ccc(O)c(O)c1. The first-order valence-corrected chi connectivity index (χ1v) is 7.47. The topological polar surface area (TPSA) is 72.8 Å². The molecule has 1 aliphatic rings. The van der Waals surface area contributed by atoms with Crippen LogP contribution in [0.1, 0.15) is 16.8 Å². The second-order valence-corrected chi connectivity index (χ2v) is 5.70. The predicted molar refractivity (Wildman–Crippen MR) is 84.2 cm³/mol. The van der Waals surface area contributed by atoms with E-state index < -0.39 is 17.5 Å². The molecular formula is C17H16F2N2O3. The Morgan fingerprint density at radius 3 is 2.62 bits per heavy atom. The van der Waals surface area contributed by atoms with Gasteiger partial charge in [-0.2, -0.15) is 0 Å². The second kappa shape index (κ2) is 6.35. The van der Waals surface area contributed by atoms with E-state index in [4.69, 9.17) is 0 Å². The van der Waals surface area contributed by atoms with Gasteiger partial charge < -0.3 is 20.4 Å². The Balaban J connectivity index is 1.65. The third-order valence-electron chi connectivity index (χ3n) is 4.01. The van der Waals surface area contributed by atoms with Crippen molar-refractivity contribution in [2.75, 3.05) is 18.0 Å². The van der Waals surface area contributed by atoms with Crippen molar-refractivity contribution in [2.24, 2.45) is 0 Å². The molecule has 1 aliphatic heterocycles. The zero-order chi connectivity index (χ0) is 17.3. The lowest BCUT2D eigenvalue weighted by molar-refractivity contribution is 0.0940. The van der Waals surface area contributed by atoms with E-state index in [-0.39, 0.29) is 23.1 Å². The van der Waals surface area contributed by atoms with Crippen LogP contribution in [0.2, 0.25) is 0 Å². The molecule has 1 fully saturated rings. The molecule has 126 valence electrons. The maximum atomic E-state index is 13.8. The quantitative estimate of drug-likeness (QED) is 0.754. The number of nitrogens with zero attached hydrogens (tertiary/aromatic N) is 1. The molecule has 1 atom stereocenters. The first-order chi connectivity index (χ1) is 11.4. The molecule has 5 nitrogen and oxygen atoms in total. The molecule has 0 unspecified atom stereocenters. The van der Waals surface area contributed by atoms with Crippen LogP contribution in [-0.4, -0.2) is 35.3 Å². The zero-order valence-electron chi connectivity index (χ0n) is 12.7. The van der Waals surface area contributed by atoms with Gasteiger partial charge in [-0.05, 0) is 36.8 Å². The van der Waals surface area contributed by atoms with Crippen molar-refractivity contribution in [1.82, 2.24) is 5.32 Å². The van der Waals surface area contributed by atoms with E-state index in [1.54, 1.807) is 4.90 Å². The van der Waals surface area contributed by atoms with Gasteiger partial charge in [-0.1, -0.05) is 0 Å². The van der Waals surface area contributed by atoms with E-state index in [2.05, 4.69) is 5.32 Å². The lowest BCUT2D eigenvalue weighted by Gasteiger charge is -2.19. The standard InChI is InChI=1S/C17H16F2N2O3/c18-11-2-3-14(13(19)8-11)21-6-5-12(9-21)20-17(24)10-1-4-15(22)16(23)7-10/h1-4,7-8,12,22-23H,5-6,9H2,(H,20,24)/t12-/m1/s1. The largest absolute Gasteiger partial charge is 0.504 e. The van der Waals surface area contributed by atoms with Gasteiger partial charge in [0, 0.05) is 30.8 Å². The Morgan fingerprint density at radius 2 is 1.92 bits per heavy atom.